The largest absolute Gasteiger partial charge is 0.505 e. The first-order valence-corrected chi connectivity index (χ1v) is 15.0. The summed E-state index contributed by atoms with van der Waals surface area (Å²) in [4.78, 5) is 38.5. The van der Waals surface area contributed by atoms with Crippen molar-refractivity contribution in [3.8, 4) is 5.75 Å². The van der Waals surface area contributed by atoms with Gasteiger partial charge in [-0.05, 0) is 74.2 Å². The first-order valence-electron chi connectivity index (χ1n) is 14.1. The molecule has 3 aromatic heterocycles. The van der Waals surface area contributed by atoms with Crippen molar-refractivity contribution in [1.82, 2.24) is 14.4 Å². The van der Waals surface area contributed by atoms with E-state index >= 15 is 0 Å². The zero-order valence-corrected chi connectivity index (χ0v) is 24.9. The molecule has 1 saturated heterocycles. The van der Waals surface area contributed by atoms with Gasteiger partial charge in [0.2, 0.25) is 0 Å². The molecule has 6 rings (SSSR count). The van der Waals surface area contributed by atoms with Crippen LogP contribution in [0.2, 0.25) is 0 Å². The number of pyridine rings is 1. The summed E-state index contributed by atoms with van der Waals surface area (Å²) >= 11 is 1.36. The van der Waals surface area contributed by atoms with E-state index in [9.17, 15) is 14.7 Å². The maximum atomic E-state index is 13.8. The average molecular weight is 581 g/mol. The van der Waals surface area contributed by atoms with Crippen LogP contribution in [0.5, 0.6) is 5.75 Å². The Morgan fingerprint density at radius 1 is 1.02 bits per heavy atom. The van der Waals surface area contributed by atoms with E-state index in [1.807, 2.05) is 68.4 Å². The number of carbonyl (C=O) groups excluding carboxylic acids is 2. The van der Waals surface area contributed by atoms with Gasteiger partial charge in [0.15, 0.2) is 10.9 Å². The Bertz CT molecular complexity index is 1890. The van der Waals surface area contributed by atoms with Gasteiger partial charge in [0, 0.05) is 6.20 Å². The number of aliphatic hydroxyl groups excluding tert-OH is 1. The van der Waals surface area contributed by atoms with Gasteiger partial charge in [-0.1, -0.05) is 55.4 Å². The SMILES string of the molecule is CCCCCOc1cccc(C2C(=C(O)c3c(C)nc4ccccn34)C(=O)C(=O)N2c2nc3c(C)cc(C)cc3s2)c1. The third-order valence-electron chi connectivity index (χ3n) is 7.59. The summed E-state index contributed by atoms with van der Waals surface area (Å²) in [7, 11) is 0. The van der Waals surface area contributed by atoms with Crippen molar-refractivity contribution in [3.05, 3.63) is 94.4 Å². The van der Waals surface area contributed by atoms with Gasteiger partial charge < -0.3 is 9.84 Å². The number of aromatic nitrogens is 3. The van der Waals surface area contributed by atoms with Gasteiger partial charge in [0.05, 0.1) is 34.1 Å². The van der Waals surface area contributed by atoms with Crippen molar-refractivity contribution in [2.24, 2.45) is 0 Å². The van der Waals surface area contributed by atoms with Crippen molar-refractivity contribution in [1.29, 1.82) is 0 Å². The Labute approximate surface area is 247 Å². The number of benzene rings is 2. The molecule has 0 saturated carbocycles. The molecule has 2 aromatic carbocycles. The second-order valence-corrected chi connectivity index (χ2v) is 11.7. The summed E-state index contributed by atoms with van der Waals surface area (Å²) in [5.41, 5.74) is 5.04. The first kappa shape index (κ1) is 27.7. The molecule has 0 spiro atoms. The maximum Gasteiger partial charge on any atom is 0.301 e. The van der Waals surface area contributed by atoms with E-state index in [0.29, 0.717) is 40.1 Å². The number of anilines is 1. The van der Waals surface area contributed by atoms with Crippen molar-refractivity contribution < 1.29 is 19.4 Å². The van der Waals surface area contributed by atoms with Crippen LogP contribution in [0.4, 0.5) is 5.13 Å². The number of unbranched alkanes of at least 4 members (excludes halogenated alkanes) is 2. The normalized spacial score (nSPS) is 16.7. The Hall–Kier alpha value is -4.50. The number of amides is 1. The molecule has 1 N–H and O–H groups in total. The quantitative estimate of drug-likeness (QED) is 0.0913. The molecule has 1 aliphatic heterocycles. The van der Waals surface area contributed by atoms with Crippen LogP contribution in [0.15, 0.2) is 66.4 Å². The monoisotopic (exact) mass is 580 g/mol. The van der Waals surface area contributed by atoms with E-state index in [1.165, 1.54) is 16.2 Å². The molecule has 1 atom stereocenters. The molecule has 8 nitrogen and oxygen atoms in total. The van der Waals surface area contributed by atoms with Crippen LogP contribution in [-0.2, 0) is 9.59 Å². The lowest BCUT2D eigenvalue weighted by Gasteiger charge is -2.23. The van der Waals surface area contributed by atoms with Gasteiger partial charge in [-0.3, -0.25) is 18.9 Å². The molecule has 1 amide bonds. The van der Waals surface area contributed by atoms with Crippen molar-refractivity contribution in [3.63, 3.8) is 0 Å². The second kappa shape index (κ2) is 11.1. The van der Waals surface area contributed by atoms with Crippen LogP contribution >= 0.6 is 11.3 Å². The summed E-state index contributed by atoms with van der Waals surface area (Å²) in [5, 5.41) is 12.2. The molecule has 0 bridgehead atoms. The van der Waals surface area contributed by atoms with Crippen molar-refractivity contribution in [2.75, 3.05) is 11.5 Å². The van der Waals surface area contributed by atoms with E-state index in [1.54, 1.807) is 17.5 Å². The van der Waals surface area contributed by atoms with E-state index < -0.39 is 17.7 Å². The number of Topliss-reactive ketones (excluding diaryl/α,β-unsaturated/α-hetero) is 1. The number of ketones is 1. The number of hydrogen-bond acceptors (Lipinski definition) is 7. The predicted octanol–water partition coefficient (Wildman–Crippen LogP) is 7.06. The highest BCUT2D eigenvalue weighted by Gasteiger charge is 2.48. The fourth-order valence-electron chi connectivity index (χ4n) is 5.65. The van der Waals surface area contributed by atoms with Crippen molar-refractivity contribution in [2.45, 2.75) is 53.0 Å². The lowest BCUT2D eigenvalue weighted by atomic mass is 9.96. The molecular formula is C33H32N4O4S. The van der Waals surface area contributed by atoms with Gasteiger partial charge in [-0.2, -0.15) is 0 Å². The van der Waals surface area contributed by atoms with Crippen LogP contribution in [0.25, 0.3) is 21.6 Å². The smallest absolute Gasteiger partial charge is 0.301 e. The molecule has 42 heavy (non-hydrogen) atoms. The Kier molecular flexibility index (Phi) is 7.28. The zero-order valence-electron chi connectivity index (χ0n) is 24.0. The lowest BCUT2D eigenvalue weighted by molar-refractivity contribution is -0.132. The van der Waals surface area contributed by atoms with Gasteiger partial charge in [0.1, 0.15) is 17.1 Å². The lowest BCUT2D eigenvalue weighted by Crippen LogP contribution is -2.29. The van der Waals surface area contributed by atoms with Crippen LogP contribution < -0.4 is 9.64 Å². The molecular weight excluding hydrogens is 548 g/mol. The predicted molar refractivity (Wildman–Crippen MR) is 165 cm³/mol. The number of imidazole rings is 1. The zero-order chi connectivity index (χ0) is 29.5. The number of carbonyl (C=O) groups is 2. The number of ether oxygens (including phenoxy) is 1. The van der Waals surface area contributed by atoms with Crippen LogP contribution in [0, 0.1) is 20.8 Å². The third-order valence-corrected chi connectivity index (χ3v) is 8.59. The number of aliphatic hydroxyl groups is 1. The van der Waals surface area contributed by atoms with E-state index in [4.69, 9.17) is 9.72 Å². The number of fused-ring (bicyclic) bond motifs is 2. The van der Waals surface area contributed by atoms with Crippen LogP contribution in [0.3, 0.4) is 0 Å². The third kappa shape index (κ3) is 4.73. The van der Waals surface area contributed by atoms with Crippen molar-refractivity contribution >= 4 is 49.8 Å². The molecule has 0 aliphatic carbocycles. The minimum atomic E-state index is -0.917. The number of hydrogen-bond donors (Lipinski definition) is 1. The molecule has 4 heterocycles. The molecule has 214 valence electrons. The summed E-state index contributed by atoms with van der Waals surface area (Å²) in [5.74, 6) is -1.16. The number of aryl methyl sites for hydroxylation is 3. The van der Waals surface area contributed by atoms with Gasteiger partial charge >= 0.3 is 5.91 Å². The molecule has 5 aromatic rings. The fourth-order valence-corrected chi connectivity index (χ4v) is 6.82. The van der Waals surface area contributed by atoms with Crippen LogP contribution in [-0.4, -0.2) is 37.8 Å². The molecule has 0 radical (unpaired) electrons. The highest BCUT2D eigenvalue weighted by Crippen LogP contribution is 2.45. The fraction of sp³-hybridized carbons (Fsp3) is 0.273. The molecule has 9 heteroatoms. The Morgan fingerprint density at radius 3 is 2.67 bits per heavy atom. The number of rotatable bonds is 8. The topological polar surface area (TPSA) is 97.0 Å². The highest BCUT2D eigenvalue weighted by atomic mass is 32.1. The summed E-state index contributed by atoms with van der Waals surface area (Å²) < 4.78 is 8.68. The highest BCUT2D eigenvalue weighted by molar-refractivity contribution is 7.22. The van der Waals surface area contributed by atoms with Gasteiger partial charge in [0.25, 0.3) is 5.78 Å². The average Bonchev–Trinajstić information content (AvgIpc) is 3.62. The number of nitrogens with zero attached hydrogens (tertiary/aromatic N) is 4. The molecule has 1 fully saturated rings. The Balaban J connectivity index is 1.54. The first-order chi connectivity index (χ1) is 20.3. The van der Waals surface area contributed by atoms with E-state index in [2.05, 4.69) is 11.9 Å². The summed E-state index contributed by atoms with van der Waals surface area (Å²) in [6, 6.07) is 16.1. The number of thiazole rings is 1. The van der Waals surface area contributed by atoms with E-state index in [0.717, 1.165) is 40.6 Å². The summed E-state index contributed by atoms with van der Waals surface area (Å²) in [6.07, 6.45) is 4.85. The molecule has 1 unspecified atom stereocenters. The Morgan fingerprint density at radius 2 is 1.86 bits per heavy atom. The van der Waals surface area contributed by atoms with Gasteiger partial charge in [-0.15, -0.1) is 0 Å². The molecule has 1 aliphatic rings. The second-order valence-electron chi connectivity index (χ2n) is 10.7. The minimum Gasteiger partial charge on any atom is -0.505 e. The minimum absolute atomic E-state index is 0.0101. The van der Waals surface area contributed by atoms with Gasteiger partial charge in [-0.25, -0.2) is 9.97 Å². The van der Waals surface area contributed by atoms with E-state index in [-0.39, 0.29) is 11.3 Å². The van der Waals surface area contributed by atoms with Crippen LogP contribution in [0.1, 0.15) is 60.3 Å². The summed E-state index contributed by atoms with van der Waals surface area (Å²) in [6.45, 7) is 8.48. The standard InChI is InChI=1S/C33H32N4O4S/c1-5-6-9-15-41-23-12-10-11-22(18-23)29-26(30(38)28-21(4)34-25-13-7-8-14-36(25)28)31(39)32(40)37(29)33-35-27-20(3)16-19(2)17-24(27)42-33/h7-8,10-14,16-18,29,38H,5-6,9,15H2,1-4H3. The maximum absolute atomic E-state index is 13.8.